The number of nitrogens with zero attached hydrogens (tertiary/aromatic N) is 2. The first kappa shape index (κ1) is 19.2. The number of aromatic nitrogens is 1. The lowest BCUT2D eigenvalue weighted by molar-refractivity contribution is -0.128. The summed E-state index contributed by atoms with van der Waals surface area (Å²) in [5.74, 6) is -0.0357. The van der Waals surface area contributed by atoms with E-state index < -0.39 is 11.9 Å². The summed E-state index contributed by atoms with van der Waals surface area (Å²) < 4.78 is 11.0. The molecule has 7 nitrogen and oxygen atoms in total. The summed E-state index contributed by atoms with van der Waals surface area (Å²) >= 11 is 3.25. The van der Waals surface area contributed by atoms with Gasteiger partial charge in [-0.15, -0.1) is 0 Å². The average Bonchev–Trinajstić information content (AvgIpc) is 3.20. The van der Waals surface area contributed by atoms with Crippen LogP contribution in [0.5, 0.6) is 5.75 Å². The van der Waals surface area contributed by atoms with Gasteiger partial charge in [-0.3, -0.25) is 9.78 Å². The molecule has 0 unspecified atom stereocenters. The Balaban J connectivity index is 1.57. The lowest BCUT2D eigenvalue weighted by atomic mass is 10.2. The van der Waals surface area contributed by atoms with Gasteiger partial charge >= 0.3 is 5.97 Å². The third-order valence-corrected chi connectivity index (χ3v) is 3.78. The number of carbonyl (C=O) groups is 2. The van der Waals surface area contributed by atoms with Crippen molar-refractivity contribution in [3.63, 3.8) is 0 Å². The van der Waals surface area contributed by atoms with Gasteiger partial charge in [0.1, 0.15) is 11.5 Å². The number of benzene rings is 1. The number of nitrogens with one attached hydrogen (secondary N) is 1. The van der Waals surface area contributed by atoms with Gasteiger partial charge in [0.25, 0.3) is 5.91 Å². The SMILES string of the molecule is O=C(/C=C/c1ccco1)Oc1cccc(/C=N/NC(=O)c2cncc(Br)c2)c1. The van der Waals surface area contributed by atoms with E-state index in [0.717, 1.165) is 0 Å². The molecule has 0 radical (unpaired) electrons. The van der Waals surface area contributed by atoms with E-state index in [0.29, 0.717) is 27.1 Å². The molecule has 3 rings (SSSR count). The van der Waals surface area contributed by atoms with Gasteiger partial charge in [-0.25, -0.2) is 10.2 Å². The van der Waals surface area contributed by atoms with Crippen LogP contribution < -0.4 is 10.2 Å². The van der Waals surface area contributed by atoms with E-state index in [1.54, 1.807) is 48.7 Å². The van der Waals surface area contributed by atoms with Crippen LogP contribution in [0.4, 0.5) is 0 Å². The molecule has 0 saturated carbocycles. The quantitative estimate of drug-likeness (QED) is 0.207. The molecule has 1 amide bonds. The summed E-state index contributed by atoms with van der Waals surface area (Å²) in [6.07, 6.45) is 8.76. The van der Waals surface area contributed by atoms with Gasteiger partial charge in [0.05, 0.1) is 18.0 Å². The number of rotatable bonds is 6. The Kier molecular flexibility index (Phi) is 6.48. The normalized spacial score (nSPS) is 11.0. The summed E-state index contributed by atoms with van der Waals surface area (Å²) in [6, 6.07) is 11.8. The maximum atomic E-state index is 12.0. The smallest absolute Gasteiger partial charge is 0.336 e. The second-order valence-corrected chi connectivity index (χ2v) is 6.35. The van der Waals surface area contributed by atoms with Gasteiger partial charge in [-0.1, -0.05) is 12.1 Å². The molecule has 0 fully saturated rings. The highest BCUT2D eigenvalue weighted by molar-refractivity contribution is 9.10. The van der Waals surface area contributed by atoms with Crippen LogP contribution in [0.3, 0.4) is 0 Å². The lowest BCUT2D eigenvalue weighted by Gasteiger charge is -2.02. The number of amides is 1. The van der Waals surface area contributed by atoms with E-state index in [-0.39, 0.29) is 0 Å². The van der Waals surface area contributed by atoms with Crippen LogP contribution in [0.15, 0.2) is 81.2 Å². The van der Waals surface area contributed by atoms with E-state index in [9.17, 15) is 9.59 Å². The molecule has 0 saturated heterocycles. The predicted octanol–water partition coefficient (Wildman–Crippen LogP) is 3.82. The molecule has 0 aliphatic heterocycles. The zero-order valence-corrected chi connectivity index (χ0v) is 16.0. The van der Waals surface area contributed by atoms with Crippen LogP contribution >= 0.6 is 15.9 Å². The van der Waals surface area contributed by atoms with Crippen molar-refractivity contribution in [1.29, 1.82) is 0 Å². The predicted molar refractivity (Wildman–Crippen MR) is 107 cm³/mol. The average molecular weight is 440 g/mol. The number of hydrogen-bond acceptors (Lipinski definition) is 6. The van der Waals surface area contributed by atoms with Crippen molar-refractivity contribution in [3.8, 4) is 5.75 Å². The van der Waals surface area contributed by atoms with Crippen molar-refractivity contribution < 1.29 is 18.7 Å². The van der Waals surface area contributed by atoms with E-state index in [1.165, 1.54) is 30.8 Å². The molecule has 8 heteroatoms. The summed E-state index contributed by atoms with van der Waals surface area (Å²) in [7, 11) is 0. The topological polar surface area (TPSA) is 93.8 Å². The van der Waals surface area contributed by atoms with Gasteiger partial charge in [0.2, 0.25) is 0 Å². The first-order valence-corrected chi connectivity index (χ1v) is 8.87. The molecule has 2 aromatic heterocycles. The molecule has 2 heterocycles. The number of halogens is 1. The zero-order chi connectivity index (χ0) is 19.8. The number of hydrazone groups is 1. The molecule has 3 aromatic rings. The molecule has 0 aliphatic rings. The largest absolute Gasteiger partial charge is 0.465 e. The molecule has 0 bridgehead atoms. The van der Waals surface area contributed by atoms with Gasteiger partial charge < -0.3 is 9.15 Å². The van der Waals surface area contributed by atoms with Crippen molar-refractivity contribution in [2.75, 3.05) is 0 Å². The van der Waals surface area contributed by atoms with Crippen LogP contribution in [-0.4, -0.2) is 23.1 Å². The Morgan fingerprint density at radius 3 is 2.86 bits per heavy atom. The van der Waals surface area contributed by atoms with Crippen LogP contribution in [0.2, 0.25) is 0 Å². The lowest BCUT2D eigenvalue weighted by Crippen LogP contribution is -2.17. The van der Waals surface area contributed by atoms with Crippen LogP contribution in [0.1, 0.15) is 21.7 Å². The summed E-state index contributed by atoms with van der Waals surface area (Å²) in [4.78, 5) is 27.8. The standard InChI is InChI=1S/C20H14BrN3O4/c21-16-10-15(12-22-13-16)20(26)24-23-11-14-3-1-4-18(9-14)28-19(25)7-6-17-5-2-8-27-17/h1-13H,(H,24,26)/b7-6+,23-11+. The van der Waals surface area contributed by atoms with Gasteiger partial charge in [-0.05, 0) is 57.9 Å². The van der Waals surface area contributed by atoms with E-state index in [4.69, 9.17) is 9.15 Å². The Hall–Kier alpha value is -3.52. The molecule has 0 aliphatic carbocycles. The van der Waals surface area contributed by atoms with Crippen molar-refractivity contribution in [3.05, 3.63) is 88.6 Å². The van der Waals surface area contributed by atoms with Crippen molar-refractivity contribution in [2.24, 2.45) is 5.10 Å². The monoisotopic (exact) mass is 439 g/mol. The van der Waals surface area contributed by atoms with Gasteiger partial charge in [0.15, 0.2) is 0 Å². The fourth-order valence-electron chi connectivity index (χ4n) is 2.11. The summed E-state index contributed by atoms with van der Waals surface area (Å²) in [5.41, 5.74) is 3.43. The minimum absolute atomic E-state index is 0.348. The first-order valence-electron chi connectivity index (χ1n) is 8.07. The Morgan fingerprint density at radius 2 is 2.07 bits per heavy atom. The maximum Gasteiger partial charge on any atom is 0.336 e. The van der Waals surface area contributed by atoms with Crippen molar-refractivity contribution in [1.82, 2.24) is 10.4 Å². The zero-order valence-electron chi connectivity index (χ0n) is 14.4. The highest BCUT2D eigenvalue weighted by atomic mass is 79.9. The number of carbonyl (C=O) groups excluding carboxylic acids is 2. The number of pyridine rings is 1. The Bertz CT molecular complexity index is 1030. The van der Waals surface area contributed by atoms with Crippen LogP contribution in [0, 0.1) is 0 Å². The second-order valence-electron chi connectivity index (χ2n) is 5.43. The minimum Gasteiger partial charge on any atom is -0.465 e. The highest BCUT2D eigenvalue weighted by Gasteiger charge is 2.05. The molecule has 1 aromatic carbocycles. The first-order chi connectivity index (χ1) is 13.6. The molecule has 28 heavy (non-hydrogen) atoms. The summed E-state index contributed by atoms with van der Waals surface area (Å²) in [6.45, 7) is 0. The second kappa shape index (κ2) is 9.43. The number of esters is 1. The minimum atomic E-state index is -0.541. The molecular weight excluding hydrogens is 426 g/mol. The van der Waals surface area contributed by atoms with Crippen molar-refractivity contribution >= 4 is 40.1 Å². The van der Waals surface area contributed by atoms with Crippen LogP contribution in [0.25, 0.3) is 6.08 Å². The maximum absolute atomic E-state index is 12.0. The van der Waals surface area contributed by atoms with Crippen molar-refractivity contribution in [2.45, 2.75) is 0 Å². The third kappa shape index (κ3) is 5.75. The van der Waals surface area contributed by atoms with E-state index in [2.05, 4.69) is 31.4 Å². The van der Waals surface area contributed by atoms with Crippen LogP contribution in [-0.2, 0) is 4.79 Å². The van der Waals surface area contributed by atoms with Gasteiger partial charge in [-0.2, -0.15) is 5.10 Å². The summed E-state index contributed by atoms with van der Waals surface area (Å²) in [5, 5.41) is 3.90. The fourth-order valence-corrected chi connectivity index (χ4v) is 2.48. The highest BCUT2D eigenvalue weighted by Crippen LogP contribution is 2.13. The Morgan fingerprint density at radius 1 is 1.18 bits per heavy atom. The van der Waals surface area contributed by atoms with Gasteiger partial charge in [0, 0.05) is 22.9 Å². The third-order valence-electron chi connectivity index (χ3n) is 3.35. The molecule has 0 spiro atoms. The van der Waals surface area contributed by atoms with E-state index >= 15 is 0 Å². The Labute approximate surface area is 168 Å². The number of furan rings is 1. The molecule has 0 atom stereocenters. The number of ether oxygens (including phenoxy) is 1. The molecule has 140 valence electrons. The molecular formula is C20H14BrN3O4. The fraction of sp³-hybridized carbons (Fsp3) is 0. The number of hydrogen-bond donors (Lipinski definition) is 1. The molecule has 1 N–H and O–H groups in total. The van der Waals surface area contributed by atoms with E-state index in [1.807, 2.05) is 0 Å².